The first-order valence-corrected chi connectivity index (χ1v) is 12.6. The molecule has 0 aliphatic rings. The van der Waals surface area contributed by atoms with E-state index in [-0.39, 0.29) is 11.1 Å². The largest absolute Gasteiger partial charge is 0.410 e. The lowest BCUT2D eigenvalue weighted by molar-refractivity contribution is 0.203. The highest BCUT2D eigenvalue weighted by Crippen LogP contribution is 2.40. The minimum atomic E-state index is -1.80. The summed E-state index contributed by atoms with van der Waals surface area (Å²) in [6, 6.07) is 16.5. The average Bonchev–Trinajstić information content (AvgIpc) is 2.60. The molecule has 1 atom stereocenters. The third-order valence-electron chi connectivity index (χ3n) is 5.54. The molecule has 1 heterocycles. The van der Waals surface area contributed by atoms with E-state index in [2.05, 4.69) is 87.4 Å². The van der Waals surface area contributed by atoms with Crippen LogP contribution >= 0.6 is 11.6 Å². The Morgan fingerprint density at radius 2 is 1.59 bits per heavy atom. The van der Waals surface area contributed by atoms with Crippen molar-refractivity contribution < 1.29 is 4.43 Å². The van der Waals surface area contributed by atoms with Crippen LogP contribution < -0.4 is 0 Å². The molecule has 142 valence electrons. The Morgan fingerprint density at radius 3 is 2.22 bits per heavy atom. The molecule has 0 saturated carbocycles. The first-order chi connectivity index (χ1) is 12.6. The summed E-state index contributed by atoms with van der Waals surface area (Å²) in [5, 5.41) is 11.1. The number of hydrogen-bond donors (Lipinski definition) is 0. The van der Waals surface area contributed by atoms with Gasteiger partial charge in [-0.3, -0.25) is 0 Å². The molecule has 0 radical (unpaired) electrons. The lowest BCUT2D eigenvalue weighted by Gasteiger charge is -2.38. The predicted molar refractivity (Wildman–Crippen MR) is 117 cm³/mol. The van der Waals surface area contributed by atoms with Crippen LogP contribution in [0.5, 0.6) is 0 Å². The first kappa shape index (κ1) is 20.0. The molecule has 27 heavy (non-hydrogen) atoms. The third kappa shape index (κ3) is 4.40. The Kier molecular flexibility index (Phi) is 5.44. The molecule has 0 spiro atoms. The molecular formula is C22H27ClN2OSi. The second kappa shape index (κ2) is 7.34. The predicted octanol–water partition coefficient (Wildman–Crippen LogP) is 7.03. The molecule has 2 aromatic carbocycles. The van der Waals surface area contributed by atoms with E-state index in [9.17, 15) is 0 Å². The minimum Gasteiger partial charge on any atom is -0.410 e. The number of benzene rings is 2. The Morgan fingerprint density at radius 1 is 0.926 bits per heavy atom. The Balaban J connectivity index is 1.88. The minimum absolute atomic E-state index is 0.0806. The van der Waals surface area contributed by atoms with Gasteiger partial charge in [0.2, 0.25) is 0 Å². The van der Waals surface area contributed by atoms with E-state index in [0.29, 0.717) is 5.15 Å². The molecule has 0 amide bonds. The SMILES string of the molecule is CC(O[Si](C)(C)C(C)(C)C)c1ccc2cc(-c3ccc(Cl)nn3)ccc2c1. The first-order valence-electron chi connectivity index (χ1n) is 9.28. The van der Waals surface area contributed by atoms with E-state index in [1.54, 1.807) is 6.07 Å². The van der Waals surface area contributed by atoms with Gasteiger partial charge >= 0.3 is 0 Å². The molecule has 0 aliphatic carbocycles. The van der Waals surface area contributed by atoms with Crippen molar-refractivity contribution in [3.8, 4) is 11.3 Å². The zero-order valence-corrected chi connectivity index (χ0v) is 18.6. The van der Waals surface area contributed by atoms with Crippen LogP contribution in [0.1, 0.15) is 39.4 Å². The highest BCUT2D eigenvalue weighted by Gasteiger charge is 2.38. The number of rotatable bonds is 4. The molecule has 1 aromatic heterocycles. The third-order valence-corrected chi connectivity index (χ3v) is 10.3. The summed E-state index contributed by atoms with van der Waals surface area (Å²) in [5.74, 6) is 0. The second-order valence-corrected chi connectivity index (χ2v) is 13.7. The van der Waals surface area contributed by atoms with E-state index in [0.717, 1.165) is 11.3 Å². The fraction of sp³-hybridized carbons (Fsp3) is 0.364. The fourth-order valence-electron chi connectivity index (χ4n) is 2.83. The molecule has 0 N–H and O–H groups in total. The summed E-state index contributed by atoms with van der Waals surface area (Å²) in [4.78, 5) is 0. The molecule has 0 aliphatic heterocycles. The van der Waals surface area contributed by atoms with Crippen LogP contribution in [0.4, 0.5) is 0 Å². The van der Waals surface area contributed by atoms with Crippen molar-refractivity contribution in [2.45, 2.75) is 51.9 Å². The van der Waals surface area contributed by atoms with Gasteiger partial charge in [0, 0.05) is 5.56 Å². The summed E-state index contributed by atoms with van der Waals surface area (Å²) >= 11 is 5.83. The molecule has 3 rings (SSSR count). The monoisotopic (exact) mass is 398 g/mol. The van der Waals surface area contributed by atoms with E-state index in [1.165, 1.54) is 16.3 Å². The van der Waals surface area contributed by atoms with E-state index < -0.39 is 8.32 Å². The number of nitrogens with zero attached hydrogens (tertiary/aromatic N) is 2. The van der Waals surface area contributed by atoms with Gasteiger partial charge in [-0.2, -0.15) is 0 Å². The molecular weight excluding hydrogens is 372 g/mol. The van der Waals surface area contributed by atoms with E-state index in [4.69, 9.17) is 16.0 Å². The van der Waals surface area contributed by atoms with Crippen molar-refractivity contribution in [1.82, 2.24) is 10.2 Å². The highest BCUT2D eigenvalue weighted by atomic mass is 35.5. The summed E-state index contributed by atoms with van der Waals surface area (Å²) in [7, 11) is -1.80. The van der Waals surface area contributed by atoms with Gasteiger partial charge in [-0.25, -0.2) is 0 Å². The summed E-state index contributed by atoms with van der Waals surface area (Å²) in [5.41, 5.74) is 3.07. The van der Waals surface area contributed by atoms with Crippen molar-refractivity contribution in [3.05, 3.63) is 59.2 Å². The van der Waals surface area contributed by atoms with Crippen LogP contribution in [0.15, 0.2) is 48.5 Å². The molecule has 3 nitrogen and oxygen atoms in total. The molecule has 0 saturated heterocycles. The van der Waals surface area contributed by atoms with Gasteiger partial charge in [0.1, 0.15) is 0 Å². The van der Waals surface area contributed by atoms with E-state index in [1.807, 2.05) is 6.07 Å². The standard InChI is InChI=1S/C22H27ClN2OSi/c1-15(26-27(5,6)22(2,3)4)16-7-8-18-14-19(10-9-17(18)13-16)20-11-12-21(23)25-24-20/h7-15H,1-6H3. The zero-order chi connectivity index (χ0) is 19.8. The number of hydrogen-bond acceptors (Lipinski definition) is 3. The van der Waals surface area contributed by atoms with Gasteiger partial charge < -0.3 is 4.43 Å². The molecule has 1 unspecified atom stereocenters. The molecule has 0 bridgehead atoms. The Bertz CT molecular complexity index is 949. The lowest BCUT2D eigenvalue weighted by Crippen LogP contribution is -2.41. The van der Waals surface area contributed by atoms with E-state index >= 15 is 0 Å². The van der Waals surface area contributed by atoms with Crippen LogP contribution in [-0.2, 0) is 4.43 Å². The van der Waals surface area contributed by atoms with Crippen molar-refractivity contribution in [3.63, 3.8) is 0 Å². The fourth-order valence-corrected chi connectivity index (χ4v) is 4.31. The summed E-state index contributed by atoms with van der Waals surface area (Å²) in [6.45, 7) is 13.6. The maximum atomic E-state index is 6.55. The van der Waals surface area contributed by atoms with Crippen LogP contribution in [0, 0.1) is 0 Å². The number of halogens is 1. The summed E-state index contributed by atoms with van der Waals surface area (Å²) in [6.07, 6.45) is 0.0806. The van der Waals surface area contributed by atoms with Crippen molar-refractivity contribution in [1.29, 1.82) is 0 Å². The maximum Gasteiger partial charge on any atom is 0.192 e. The Labute approximate surface area is 167 Å². The van der Waals surface area contributed by atoms with Crippen molar-refractivity contribution in [2.75, 3.05) is 0 Å². The maximum absolute atomic E-state index is 6.55. The van der Waals surface area contributed by atoms with Crippen LogP contribution in [0.2, 0.25) is 23.3 Å². The van der Waals surface area contributed by atoms with Gasteiger partial charge in [0.15, 0.2) is 13.5 Å². The lowest BCUT2D eigenvalue weighted by atomic mass is 10.0. The molecule has 5 heteroatoms. The van der Waals surface area contributed by atoms with Crippen LogP contribution in [0.25, 0.3) is 22.0 Å². The Hall–Kier alpha value is -1.75. The average molecular weight is 399 g/mol. The van der Waals surface area contributed by atoms with Crippen molar-refractivity contribution in [2.24, 2.45) is 0 Å². The second-order valence-electron chi connectivity index (χ2n) is 8.58. The van der Waals surface area contributed by atoms with Gasteiger partial charge in [-0.15, -0.1) is 10.2 Å². The number of aromatic nitrogens is 2. The molecule has 0 fully saturated rings. The van der Waals surface area contributed by atoms with Gasteiger partial charge in [0.05, 0.1) is 11.8 Å². The number of fused-ring (bicyclic) bond motifs is 1. The normalized spacial score (nSPS) is 13.7. The van der Waals surface area contributed by atoms with Crippen LogP contribution in [0.3, 0.4) is 0 Å². The smallest absolute Gasteiger partial charge is 0.192 e. The summed E-state index contributed by atoms with van der Waals surface area (Å²) < 4.78 is 6.55. The molecule has 3 aromatic rings. The van der Waals surface area contributed by atoms with Crippen LogP contribution in [-0.4, -0.2) is 18.5 Å². The van der Waals surface area contributed by atoms with Gasteiger partial charge in [0.25, 0.3) is 0 Å². The van der Waals surface area contributed by atoms with Gasteiger partial charge in [-0.05, 0) is 65.7 Å². The van der Waals surface area contributed by atoms with Crippen molar-refractivity contribution >= 4 is 30.7 Å². The zero-order valence-electron chi connectivity index (χ0n) is 16.9. The van der Waals surface area contributed by atoms with Gasteiger partial charge in [-0.1, -0.05) is 56.6 Å². The quantitative estimate of drug-likeness (QED) is 0.442. The highest BCUT2D eigenvalue weighted by molar-refractivity contribution is 6.74. The topological polar surface area (TPSA) is 35.0 Å².